The molecule has 1 aromatic heterocycles. The van der Waals surface area contributed by atoms with Crippen LogP contribution in [-0.2, 0) is 0 Å². The molecule has 2 atom stereocenters. The molecule has 6 heteroatoms. The lowest BCUT2D eigenvalue weighted by molar-refractivity contribution is 0.194. The summed E-state index contributed by atoms with van der Waals surface area (Å²) >= 11 is 0. The van der Waals surface area contributed by atoms with Gasteiger partial charge >= 0.3 is 6.01 Å². The van der Waals surface area contributed by atoms with Crippen LogP contribution in [0.15, 0.2) is 27.6 Å². The van der Waals surface area contributed by atoms with Crippen molar-refractivity contribution in [2.45, 2.75) is 32.2 Å². The molecule has 4 rings (SSSR count). The highest BCUT2D eigenvalue weighted by Crippen LogP contribution is 2.30. The minimum atomic E-state index is 0.0257. The van der Waals surface area contributed by atoms with E-state index in [1.165, 1.54) is 12.8 Å². The van der Waals surface area contributed by atoms with Crippen LogP contribution in [0.4, 0.5) is 6.01 Å². The second-order valence-electron chi connectivity index (χ2n) is 6.63. The highest BCUT2D eigenvalue weighted by atomic mass is 16.4. The van der Waals surface area contributed by atoms with Crippen molar-refractivity contribution in [3.05, 3.63) is 23.8 Å². The van der Waals surface area contributed by atoms with E-state index in [9.17, 15) is 0 Å². The third kappa shape index (κ3) is 2.57. The third-order valence-electron chi connectivity index (χ3n) is 5.04. The van der Waals surface area contributed by atoms with Crippen molar-refractivity contribution in [3.8, 4) is 0 Å². The van der Waals surface area contributed by atoms with Crippen LogP contribution < -0.4 is 16.0 Å². The number of nitrogens with one attached hydrogen (secondary N) is 3. The molecular formula is C17H23N5O. The van der Waals surface area contributed by atoms with Gasteiger partial charge in [-0.3, -0.25) is 10.3 Å². The van der Waals surface area contributed by atoms with Gasteiger partial charge in [0.05, 0.1) is 12.1 Å². The lowest BCUT2D eigenvalue weighted by Crippen LogP contribution is -2.62. The number of oxazole rings is 1. The fourth-order valence-electron chi connectivity index (χ4n) is 3.73. The minimum Gasteiger partial charge on any atom is -0.423 e. The summed E-state index contributed by atoms with van der Waals surface area (Å²) in [5.74, 6) is 1.40. The number of hydrogen-bond donors (Lipinski definition) is 3. The smallest absolute Gasteiger partial charge is 0.302 e. The Hall–Kier alpha value is -2.08. The summed E-state index contributed by atoms with van der Waals surface area (Å²) < 4.78 is 5.78. The maximum atomic E-state index is 5.78. The zero-order chi connectivity index (χ0) is 15.9. The van der Waals surface area contributed by atoms with Crippen molar-refractivity contribution in [2.24, 2.45) is 10.9 Å². The first-order valence-corrected chi connectivity index (χ1v) is 8.36. The number of anilines is 1. The number of aromatic nitrogens is 1. The van der Waals surface area contributed by atoms with E-state index in [0.717, 1.165) is 42.3 Å². The van der Waals surface area contributed by atoms with E-state index in [1.54, 1.807) is 0 Å². The van der Waals surface area contributed by atoms with Gasteiger partial charge in [0.15, 0.2) is 11.5 Å². The number of nitrogens with zero attached hydrogens (tertiary/aromatic N) is 2. The first kappa shape index (κ1) is 14.5. The van der Waals surface area contributed by atoms with Crippen LogP contribution in [0, 0.1) is 12.8 Å². The first-order chi connectivity index (χ1) is 11.2. The summed E-state index contributed by atoms with van der Waals surface area (Å²) in [6, 6.07) is 6.50. The Balaban J connectivity index is 1.51. The Morgan fingerprint density at radius 1 is 1.43 bits per heavy atom. The number of hydrogen-bond acceptors (Lipinski definition) is 6. The molecule has 1 aromatic carbocycles. The Morgan fingerprint density at radius 2 is 2.35 bits per heavy atom. The topological polar surface area (TPSA) is 74.5 Å². The second-order valence-corrected chi connectivity index (χ2v) is 6.63. The summed E-state index contributed by atoms with van der Waals surface area (Å²) in [4.78, 5) is 9.12. The van der Waals surface area contributed by atoms with Crippen molar-refractivity contribution in [3.63, 3.8) is 0 Å². The molecule has 23 heavy (non-hydrogen) atoms. The number of guanidine groups is 1. The molecular weight excluding hydrogens is 290 g/mol. The van der Waals surface area contributed by atoms with Gasteiger partial charge in [-0.25, -0.2) is 0 Å². The quantitative estimate of drug-likeness (QED) is 0.793. The molecule has 0 amide bonds. The van der Waals surface area contributed by atoms with Crippen LogP contribution in [0.2, 0.25) is 0 Å². The van der Waals surface area contributed by atoms with Gasteiger partial charge in [-0.05, 0) is 43.5 Å². The molecule has 1 fully saturated rings. The van der Waals surface area contributed by atoms with E-state index < -0.39 is 0 Å². The van der Waals surface area contributed by atoms with Gasteiger partial charge in [0.1, 0.15) is 5.52 Å². The van der Waals surface area contributed by atoms with Crippen LogP contribution in [0.25, 0.3) is 11.1 Å². The minimum absolute atomic E-state index is 0.0257. The van der Waals surface area contributed by atoms with Crippen molar-refractivity contribution in [1.82, 2.24) is 15.6 Å². The summed E-state index contributed by atoms with van der Waals surface area (Å²) in [7, 11) is 0. The van der Waals surface area contributed by atoms with Gasteiger partial charge in [0.2, 0.25) is 0 Å². The molecule has 1 saturated heterocycles. The highest BCUT2D eigenvalue weighted by Gasteiger charge is 2.43. The number of aliphatic imine (C=N–C) groups is 1. The van der Waals surface area contributed by atoms with E-state index in [-0.39, 0.29) is 5.54 Å². The molecule has 2 unspecified atom stereocenters. The highest BCUT2D eigenvalue weighted by molar-refractivity contribution is 5.94. The van der Waals surface area contributed by atoms with Gasteiger partial charge in [0, 0.05) is 6.54 Å². The number of piperidine rings is 1. The van der Waals surface area contributed by atoms with E-state index in [1.807, 2.05) is 25.1 Å². The fourth-order valence-corrected chi connectivity index (χ4v) is 3.73. The summed E-state index contributed by atoms with van der Waals surface area (Å²) in [6.07, 6.45) is 2.36. The number of fused-ring (bicyclic) bond motifs is 1. The summed E-state index contributed by atoms with van der Waals surface area (Å²) in [5.41, 5.74) is 2.84. The van der Waals surface area contributed by atoms with Gasteiger partial charge in [-0.2, -0.15) is 4.98 Å². The molecule has 0 aliphatic carbocycles. The average Bonchev–Trinajstić information content (AvgIpc) is 3.12. The average molecular weight is 313 g/mol. The Bertz CT molecular complexity index is 753. The van der Waals surface area contributed by atoms with Crippen molar-refractivity contribution >= 4 is 23.1 Å². The zero-order valence-electron chi connectivity index (χ0n) is 13.6. The van der Waals surface area contributed by atoms with Crippen LogP contribution >= 0.6 is 0 Å². The van der Waals surface area contributed by atoms with E-state index >= 15 is 0 Å². The SMILES string of the molecule is CCC1CCNCC12CN=C(Nc1nc3ccc(C)cc3o1)N2. The predicted octanol–water partition coefficient (Wildman–Crippen LogP) is 2.27. The van der Waals surface area contributed by atoms with Crippen LogP contribution in [-0.4, -0.2) is 36.1 Å². The molecule has 2 aliphatic rings. The van der Waals surface area contributed by atoms with E-state index in [0.29, 0.717) is 11.9 Å². The molecule has 3 N–H and O–H groups in total. The molecule has 3 heterocycles. The predicted molar refractivity (Wildman–Crippen MR) is 91.8 cm³/mol. The molecule has 0 saturated carbocycles. The van der Waals surface area contributed by atoms with Gasteiger partial charge < -0.3 is 15.1 Å². The number of benzene rings is 1. The fraction of sp³-hybridized carbons (Fsp3) is 0.529. The monoisotopic (exact) mass is 313 g/mol. The third-order valence-corrected chi connectivity index (χ3v) is 5.04. The zero-order valence-corrected chi connectivity index (χ0v) is 13.6. The standard InChI is InChI=1S/C17H23N5O/c1-3-12-6-7-18-9-17(12)10-19-15(22-17)21-16-20-13-5-4-11(2)8-14(13)23-16/h4-5,8,12,18H,3,6-7,9-10H2,1-2H3,(H2,19,20,21,22). The molecule has 2 aliphatic heterocycles. The Morgan fingerprint density at radius 3 is 3.22 bits per heavy atom. The van der Waals surface area contributed by atoms with Crippen LogP contribution in [0.1, 0.15) is 25.3 Å². The molecule has 0 bridgehead atoms. The van der Waals surface area contributed by atoms with Gasteiger partial charge in [-0.1, -0.05) is 19.4 Å². The Labute approximate surface area is 135 Å². The Kier molecular flexibility index (Phi) is 3.49. The normalized spacial score (nSPS) is 27.2. The van der Waals surface area contributed by atoms with Gasteiger partial charge in [-0.15, -0.1) is 0 Å². The second kappa shape index (κ2) is 5.53. The van der Waals surface area contributed by atoms with Crippen LogP contribution in [0.3, 0.4) is 0 Å². The largest absolute Gasteiger partial charge is 0.423 e. The van der Waals surface area contributed by atoms with Crippen molar-refractivity contribution in [1.29, 1.82) is 0 Å². The first-order valence-electron chi connectivity index (χ1n) is 8.36. The maximum absolute atomic E-state index is 5.78. The van der Waals surface area contributed by atoms with E-state index in [4.69, 9.17) is 4.42 Å². The molecule has 0 radical (unpaired) electrons. The van der Waals surface area contributed by atoms with Crippen molar-refractivity contribution in [2.75, 3.05) is 25.0 Å². The lowest BCUT2D eigenvalue weighted by atomic mass is 9.78. The number of aryl methyl sites for hydroxylation is 1. The molecule has 122 valence electrons. The van der Waals surface area contributed by atoms with Crippen molar-refractivity contribution < 1.29 is 4.42 Å². The molecule has 1 spiro atoms. The molecule has 2 aromatic rings. The van der Waals surface area contributed by atoms with Crippen LogP contribution in [0.5, 0.6) is 0 Å². The summed E-state index contributed by atoms with van der Waals surface area (Å²) in [6.45, 7) is 7.14. The lowest BCUT2D eigenvalue weighted by Gasteiger charge is -2.41. The maximum Gasteiger partial charge on any atom is 0.302 e. The number of rotatable bonds is 2. The molecule has 6 nitrogen and oxygen atoms in total. The van der Waals surface area contributed by atoms with E-state index in [2.05, 4.69) is 32.9 Å². The van der Waals surface area contributed by atoms with Gasteiger partial charge in [0.25, 0.3) is 0 Å². The summed E-state index contributed by atoms with van der Waals surface area (Å²) in [5, 5.41) is 10.3.